The quantitative estimate of drug-likeness (QED) is 0.875. The van der Waals surface area contributed by atoms with Crippen molar-refractivity contribution in [3.05, 3.63) is 36.2 Å². The second kappa shape index (κ2) is 7.45. The molecule has 0 saturated heterocycles. The smallest absolute Gasteiger partial charge is 0.232 e. The Morgan fingerprint density at radius 2 is 1.82 bits per heavy atom. The first-order chi connectivity index (χ1) is 10.8. The van der Waals surface area contributed by atoms with Gasteiger partial charge in [-0.3, -0.25) is 0 Å². The van der Waals surface area contributed by atoms with E-state index in [-0.39, 0.29) is 5.95 Å². The van der Waals surface area contributed by atoms with E-state index in [1.807, 2.05) is 42.1 Å². The van der Waals surface area contributed by atoms with Gasteiger partial charge in [-0.05, 0) is 25.0 Å². The van der Waals surface area contributed by atoms with Crippen LogP contribution in [0.1, 0.15) is 37.9 Å². The molecule has 1 saturated carbocycles. The van der Waals surface area contributed by atoms with Crippen LogP contribution in [0, 0.1) is 0 Å². The Bertz CT molecular complexity index is 599. The number of benzene rings is 1. The van der Waals surface area contributed by atoms with E-state index in [1.54, 1.807) is 0 Å². The van der Waals surface area contributed by atoms with Crippen molar-refractivity contribution in [1.29, 1.82) is 0 Å². The fourth-order valence-corrected chi connectivity index (χ4v) is 3.81. The Balaban J connectivity index is 1.64. The number of para-hydroxylation sites is 1. The number of nitrogens with two attached hydrogens (primary N) is 1. The third-order valence-electron chi connectivity index (χ3n) is 3.73. The molecule has 3 rings (SSSR count). The van der Waals surface area contributed by atoms with Crippen LogP contribution in [0.2, 0.25) is 0 Å². The molecule has 0 amide bonds. The first kappa shape index (κ1) is 15.1. The molecule has 5 nitrogen and oxygen atoms in total. The summed E-state index contributed by atoms with van der Waals surface area (Å²) in [7, 11) is 0. The van der Waals surface area contributed by atoms with Crippen molar-refractivity contribution in [1.82, 2.24) is 15.0 Å². The van der Waals surface area contributed by atoms with Gasteiger partial charge in [0.05, 0.1) is 5.75 Å². The van der Waals surface area contributed by atoms with Gasteiger partial charge in [0.1, 0.15) is 5.82 Å². The maximum absolute atomic E-state index is 5.81. The second-order valence-corrected chi connectivity index (χ2v) is 6.78. The molecule has 1 aliphatic carbocycles. The average molecular weight is 315 g/mol. The molecule has 6 heteroatoms. The summed E-state index contributed by atoms with van der Waals surface area (Å²) >= 11 is 1.94. The van der Waals surface area contributed by atoms with Crippen LogP contribution in [-0.2, 0) is 5.75 Å². The summed E-state index contributed by atoms with van der Waals surface area (Å²) in [6.07, 6.45) is 6.68. The number of hydrogen-bond acceptors (Lipinski definition) is 6. The molecule has 116 valence electrons. The Morgan fingerprint density at radius 1 is 1.05 bits per heavy atom. The fourth-order valence-electron chi connectivity index (χ4n) is 2.63. The van der Waals surface area contributed by atoms with Gasteiger partial charge in [-0.1, -0.05) is 37.5 Å². The first-order valence-electron chi connectivity index (χ1n) is 7.74. The molecular weight excluding hydrogens is 294 g/mol. The van der Waals surface area contributed by atoms with Crippen LogP contribution in [0.4, 0.5) is 17.6 Å². The van der Waals surface area contributed by atoms with Crippen LogP contribution in [0.5, 0.6) is 0 Å². The van der Waals surface area contributed by atoms with Crippen LogP contribution in [-0.4, -0.2) is 20.2 Å². The van der Waals surface area contributed by atoms with Gasteiger partial charge in [-0.15, -0.1) is 0 Å². The van der Waals surface area contributed by atoms with Crippen LogP contribution >= 0.6 is 11.8 Å². The molecule has 22 heavy (non-hydrogen) atoms. The lowest BCUT2D eigenvalue weighted by Crippen LogP contribution is -2.10. The highest BCUT2D eigenvalue weighted by atomic mass is 32.2. The van der Waals surface area contributed by atoms with E-state index in [4.69, 9.17) is 5.73 Å². The van der Waals surface area contributed by atoms with Crippen molar-refractivity contribution in [2.75, 3.05) is 11.1 Å². The largest absolute Gasteiger partial charge is 0.368 e. The van der Waals surface area contributed by atoms with E-state index in [0.717, 1.165) is 22.5 Å². The second-order valence-electron chi connectivity index (χ2n) is 5.50. The number of nitrogens with one attached hydrogen (secondary N) is 1. The third-order valence-corrected chi connectivity index (χ3v) is 5.10. The zero-order chi connectivity index (χ0) is 15.2. The minimum absolute atomic E-state index is 0.271. The molecule has 0 bridgehead atoms. The molecule has 0 spiro atoms. The van der Waals surface area contributed by atoms with Gasteiger partial charge in [0.25, 0.3) is 0 Å². The molecule has 2 aromatic rings. The molecule has 0 atom stereocenters. The topological polar surface area (TPSA) is 76.7 Å². The molecule has 3 N–H and O–H groups in total. The Kier molecular flexibility index (Phi) is 5.11. The predicted molar refractivity (Wildman–Crippen MR) is 92.1 cm³/mol. The summed E-state index contributed by atoms with van der Waals surface area (Å²) in [4.78, 5) is 12.9. The maximum atomic E-state index is 5.81. The van der Waals surface area contributed by atoms with E-state index in [2.05, 4.69) is 20.3 Å². The predicted octanol–water partition coefficient (Wildman–Crippen LogP) is 3.76. The van der Waals surface area contributed by atoms with Crippen molar-refractivity contribution in [2.24, 2.45) is 0 Å². The fraction of sp³-hybridized carbons (Fsp3) is 0.438. The standard InChI is InChI=1S/C16H21N5S/c17-15-19-14(11-22-13-9-5-2-6-10-13)20-16(21-15)18-12-7-3-1-4-8-12/h1,3-4,7-8,13H,2,5-6,9-11H2,(H3,17,18,19,20,21). The number of nitrogen functional groups attached to an aromatic ring is 1. The average Bonchev–Trinajstić information content (AvgIpc) is 2.54. The summed E-state index contributed by atoms with van der Waals surface area (Å²) in [5, 5.41) is 3.91. The Labute approximate surface area is 135 Å². The summed E-state index contributed by atoms with van der Waals surface area (Å²) in [5.41, 5.74) is 6.75. The lowest BCUT2D eigenvalue weighted by atomic mass is 10.0. The molecule has 0 radical (unpaired) electrons. The molecule has 0 unspecified atom stereocenters. The SMILES string of the molecule is Nc1nc(CSC2CCCCC2)nc(Nc2ccccc2)n1. The number of aromatic nitrogens is 3. The summed E-state index contributed by atoms with van der Waals surface area (Å²) in [5.74, 6) is 2.33. The highest BCUT2D eigenvalue weighted by Crippen LogP contribution is 2.30. The van der Waals surface area contributed by atoms with Crippen LogP contribution in [0.3, 0.4) is 0 Å². The first-order valence-corrected chi connectivity index (χ1v) is 8.78. The number of rotatable bonds is 5. The van der Waals surface area contributed by atoms with Crippen molar-refractivity contribution < 1.29 is 0 Å². The van der Waals surface area contributed by atoms with E-state index >= 15 is 0 Å². The number of nitrogens with zero attached hydrogens (tertiary/aromatic N) is 3. The van der Waals surface area contributed by atoms with Crippen molar-refractivity contribution in [3.63, 3.8) is 0 Å². The van der Waals surface area contributed by atoms with E-state index in [1.165, 1.54) is 32.1 Å². The zero-order valence-corrected chi connectivity index (χ0v) is 13.4. The lowest BCUT2D eigenvalue weighted by molar-refractivity contribution is 0.516. The summed E-state index contributed by atoms with van der Waals surface area (Å²) in [6.45, 7) is 0. The van der Waals surface area contributed by atoms with Crippen molar-refractivity contribution in [2.45, 2.75) is 43.1 Å². The maximum Gasteiger partial charge on any atom is 0.232 e. The zero-order valence-electron chi connectivity index (χ0n) is 12.5. The molecule has 0 aliphatic heterocycles. The van der Waals surface area contributed by atoms with Gasteiger partial charge in [0, 0.05) is 10.9 Å². The summed E-state index contributed by atoms with van der Waals surface area (Å²) in [6, 6.07) is 9.84. The normalized spacial score (nSPS) is 15.6. The highest BCUT2D eigenvalue weighted by molar-refractivity contribution is 7.99. The molecular formula is C16H21N5S. The van der Waals surface area contributed by atoms with E-state index < -0.39 is 0 Å². The van der Waals surface area contributed by atoms with Crippen LogP contribution in [0.25, 0.3) is 0 Å². The van der Waals surface area contributed by atoms with Gasteiger partial charge in [-0.25, -0.2) is 0 Å². The monoisotopic (exact) mass is 315 g/mol. The Hall–Kier alpha value is -1.82. The lowest BCUT2D eigenvalue weighted by Gasteiger charge is -2.20. The van der Waals surface area contributed by atoms with Gasteiger partial charge in [0.2, 0.25) is 11.9 Å². The van der Waals surface area contributed by atoms with E-state index in [0.29, 0.717) is 5.95 Å². The minimum Gasteiger partial charge on any atom is -0.368 e. The molecule has 1 heterocycles. The Morgan fingerprint density at radius 3 is 2.59 bits per heavy atom. The number of hydrogen-bond donors (Lipinski definition) is 2. The van der Waals surface area contributed by atoms with E-state index in [9.17, 15) is 0 Å². The molecule has 1 aromatic carbocycles. The molecule has 1 fully saturated rings. The molecule has 1 aliphatic rings. The minimum atomic E-state index is 0.271. The van der Waals surface area contributed by atoms with Crippen molar-refractivity contribution in [3.8, 4) is 0 Å². The van der Waals surface area contributed by atoms with Gasteiger partial charge >= 0.3 is 0 Å². The van der Waals surface area contributed by atoms with Gasteiger partial charge in [0.15, 0.2) is 0 Å². The van der Waals surface area contributed by atoms with Crippen LogP contribution < -0.4 is 11.1 Å². The molecule has 1 aromatic heterocycles. The number of thioether (sulfide) groups is 1. The third kappa shape index (κ3) is 4.34. The van der Waals surface area contributed by atoms with Crippen molar-refractivity contribution >= 4 is 29.3 Å². The number of anilines is 3. The summed E-state index contributed by atoms with van der Waals surface area (Å²) < 4.78 is 0. The van der Waals surface area contributed by atoms with Gasteiger partial charge in [-0.2, -0.15) is 26.7 Å². The van der Waals surface area contributed by atoms with Gasteiger partial charge < -0.3 is 11.1 Å². The van der Waals surface area contributed by atoms with Crippen LogP contribution in [0.15, 0.2) is 30.3 Å². The highest BCUT2D eigenvalue weighted by Gasteiger charge is 2.15.